The Labute approximate surface area is 316 Å². The second kappa shape index (κ2) is 19.6. The van der Waals surface area contributed by atoms with Gasteiger partial charge in [0.15, 0.2) is 31.5 Å². The second-order valence-electron chi connectivity index (χ2n) is 14.0. The number of ether oxygens (including phenoxy) is 9. The van der Waals surface area contributed by atoms with E-state index in [1.54, 1.807) is 0 Å². The van der Waals surface area contributed by atoms with Crippen LogP contribution in [0.15, 0.2) is 0 Å². The van der Waals surface area contributed by atoms with E-state index in [-0.39, 0.29) is 0 Å². The molecule has 1 unspecified atom stereocenters. The predicted octanol–water partition coefficient (Wildman–Crippen LogP) is -12.0. The van der Waals surface area contributed by atoms with Crippen LogP contribution in [-0.2, 0) is 42.6 Å². The van der Waals surface area contributed by atoms with Crippen LogP contribution in [-0.4, -0.2) is 268 Å². The van der Waals surface area contributed by atoms with Gasteiger partial charge in [0.1, 0.15) is 116 Å². The number of aliphatic hydroxyl groups excluding tert-OH is 16. The van der Waals surface area contributed by atoms with E-state index in [1.165, 1.54) is 0 Å². The molecule has 26 nitrogen and oxygen atoms in total. The maximum Gasteiger partial charge on any atom is 0.187 e. The van der Waals surface area contributed by atoms with Crippen molar-refractivity contribution in [3.8, 4) is 0 Å². The highest BCUT2D eigenvalue weighted by Gasteiger charge is 2.57. The first-order valence-electron chi connectivity index (χ1n) is 17.7. The van der Waals surface area contributed by atoms with Gasteiger partial charge in [0.2, 0.25) is 0 Å². The van der Waals surface area contributed by atoms with Crippen LogP contribution in [0.1, 0.15) is 0 Å². The molecule has 5 heterocycles. The minimum absolute atomic E-state index is 0.811. The Morgan fingerprint density at radius 2 is 0.804 bits per heavy atom. The fourth-order valence-electron chi connectivity index (χ4n) is 7.07. The van der Waals surface area contributed by atoms with Gasteiger partial charge in [0, 0.05) is 0 Å². The number of nitrogens with two attached hydrogens (primary N) is 1. The third-order valence-electron chi connectivity index (χ3n) is 10.4. The fourth-order valence-corrected chi connectivity index (χ4v) is 7.07. The minimum atomic E-state index is -2.14. The molecule has 0 spiro atoms. The van der Waals surface area contributed by atoms with Crippen LogP contribution in [0.25, 0.3) is 0 Å². The standard InChI is InChI=1S/C30H53NO25/c31-11-15(41)22(10(5-36)48-26(11)47)53-28-18(44)23(13(39)8(3-34)50-28)54-29-19(45)24(14(40)9(4-35)51-29)55-30-20(46)25(21(52-30)6(37)1-32)56-27-17(43)16(42)12(38)7(2-33)49-27/h6-30,32-47H,1-5,31H2/t6-,7-,8-,9-,10-,11-,12+,13-,14-,15-,16+,17-,18+,19+,20-,21+,22-,23+,24+,25-,26?,27-,28-,29-,30-/m1/s1. The zero-order chi connectivity index (χ0) is 41.3. The monoisotopic (exact) mass is 827 g/mol. The molecule has 328 valence electrons. The van der Waals surface area contributed by atoms with Gasteiger partial charge >= 0.3 is 0 Å². The number of hydrogen-bond acceptors (Lipinski definition) is 26. The van der Waals surface area contributed by atoms with Gasteiger partial charge in [-0.05, 0) is 0 Å². The van der Waals surface area contributed by atoms with E-state index in [2.05, 4.69) is 0 Å². The van der Waals surface area contributed by atoms with E-state index in [9.17, 15) is 81.7 Å². The van der Waals surface area contributed by atoms with Crippen molar-refractivity contribution in [2.24, 2.45) is 5.73 Å². The largest absolute Gasteiger partial charge is 0.394 e. The van der Waals surface area contributed by atoms with Gasteiger partial charge in [0.25, 0.3) is 0 Å². The second-order valence-corrected chi connectivity index (χ2v) is 14.0. The summed E-state index contributed by atoms with van der Waals surface area (Å²) in [6.07, 6.45) is -43.6. The van der Waals surface area contributed by atoms with E-state index in [1.807, 2.05) is 0 Å². The van der Waals surface area contributed by atoms with Crippen LogP contribution >= 0.6 is 0 Å². The number of aliphatic hydroxyl groups is 16. The van der Waals surface area contributed by atoms with E-state index < -0.39 is 187 Å². The van der Waals surface area contributed by atoms with Crippen LogP contribution < -0.4 is 5.73 Å². The summed E-state index contributed by atoms with van der Waals surface area (Å²) in [6.45, 7) is -4.51. The average Bonchev–Trinajstić information content (AvgIpc) is 3.49. The molecule has 0 bridgehead atoms. The maximum absolute atomic E-state index is 11.4. The van der Waals surface area contributed by atoms with Gasteiger partial charge < -0.3 is 130 Å². The Bertz CT molecular complexity index is 1210. The highest BCUT2D eigenvalue weighted by Crippen LogP contribution is 2.36. The molecule has 26 heteroatoms. The molecule has 5 aliphatic heterocycles. The van der Waals surface area contributed by atoms with Gasteiger partial charge in [-0.2, -0.15) is 0 Å². The Hall–Kier alpha value is -1.04. The molecule has 5 rings (SSSR count). The Morgan fingerprint density at radius 1 is 0.411 bits per heavy atom. The van der Waals surface area contributed by atoms with Crippen molar-refractivity contribution in [3.05, 3.63) is 0 Å². The Morgan fingerprint density at radius 3 is 1.27 bits per heavy atom. The molecule has 25 atom stereocenters. The molecule has 0 radical (unpaired) electrons. The van der Waals surface area contributed by atoms with Crippen LogP contribution in [0.2, 0.25) is 0 Å². The van der Waals surface area contributed by atoms with Crippen LogP contribution in [0.5, 0.6) is 0 Å². The highest BCUT2D eigenvalue weighted by atomic mass is 16.8. The van der Waals surface area contributed by atoms with Crippen LogP contribution in [0.4, 0.5) is 0 Å². The zero-order valence-corrected chi connectivity index (χ0v) is 29.4. The van der Waals surface area contributed by atoms with E-state index >= 15 is 0 Å². The first-order valence-corrected chi connectivity index (χ1v) is 17.7. The lowest BCUT2D eigenvalue weighted by Crippen LogP contribution is -2.67. The molecular formula is C30H53NO25. The summed E-state index contributed by atoms with van der Waals surface area (Å²) in [7, 11) is 0. The lowest BCUT2D eigenvalue weighted by Gasteiger charge is -2.48. The first-order chi connectivity index (χ1) is 26.5. The summed E-state index contributed by atoms with van der Waals surface area (Å²) < 4.78 is 49.7. The lowest BCUT2D eigenvalue weighted by atomic mass is 9.95. The van der Waals surface area contributed by atoms with Crippen molar-refractivity contribution in [3.63, 3.8) is 0 Å². The summed E-state index contributed by atoms with van der Waals surface area (Å²) in [5.74, 6) is 0. The van der Waals surface area contributed by atoms with E-state index in [4.69, 9.17) is 48.4 Å². The topological polar surface area (TPSA) is 433 Å². The van der Waals surface area contributed by atoms with Crippen molar-refractivity contribution in [2.45, 2.75) is 153 Å². The van der Waals surface area contributed by atoms with Gasteiger partial charge in [0.05, 0.1) is 39.1 Å². The molecule has 0 aromatic heterocycles. The molecule has 5 aliphatic rings. The van der Waals surface area contributed by atoms with Crippen molar-refractivity contribution in [1.82, 2.24) is 0 Å². The smallest absolute Gasteiger partial charge is 0.187 e. The molecule has 0 amide bonds. The third kappa shape index (κ3) is 9.16. The summed E-state index contributed by atoms with van der Waals surface area (Å²) in [6, 6.07) is -1.45. The molecule has 5 saturated heterocycles. The van der Waals surface area contributed by atoms with Crippen molar-refractivity contribution in [2.75, 3.05) is 33.0 Å². The molecule has 5 fully saturated rings. The Balaban J connectivity index is 1.33. The lowest BCUT2D eigenvalue weighted by molar-refractivity contribution is -0.380. The molecule has 18 N–H and O–H groups in total. The van der Waals surface area contributed by atoms with Crippen molar-refractivity contribution < 1.29 is 124 Å². The van der Waals surface area contributed by atoms with E-state index in [0.29, 0.717) is 0 Å². The maximum atomic E-state index is 11.4. The third-order valence-corrected chi connectivity index (χ3v) is 10.4. The molecule has 56 heavy (non-hydrogen) atoms. The zero-order valence-electron chi connectivity index (χ0n) is 29.4. The summed E-state index contributed by atoms with van der Waals surface area (Å²) >= 11 is 0. The highest BCUT2D eigenvalue weighted by molar-refractivity contribution is 5.00. The minimum Gasteiger partial charge on any atom is -0.394 e. The van der Waals surface area contributed by atoms with Crippen LogP contribution in [0, 0.1) is 0 Å². The number of rotatable bonds is 14. The number of hydrogen-bond donors (Lipinski definition) is 17. The van der Waals surface area contributed by atoms with Gasteiger partial charge in [-0.15, -0.1) is 0 Å². The van der Waals surface area contributed by atoms with Gasteiger partial charge in [-0.3, -0.25) is 0 Å². The molecule has 0 saturated carbocycles. The van der Waals surface area contributed by atoms with Crippen molar-refractivity contribution >= 4 is 0 Å². The first kappa shape index (κ1) is 46.0. The Kier molecular flexibility index (Phi) is 16.1. The summed E-state index contributed by atoms with van der Waals surface area (Å²) in [5.41, 5.74) is 5.74. The van der Waals surface area contributed by atoms with Crippen molar-refractivity contribution in [1.29, 1.82) is 0 Å². The molecule has 0 aromatic carbocycles. The quantitative estimate of drug-likeness (QED) is 0.0773. The van der Waals surface area contributed by atoms with Gasteiger partial charge in [-0.25, -0.2) is 0 Å². The normalized spacial score (nSPS) is 52.2. The van der Waals surface area contributed by atoms with Gasteiger partial charge in [-0.1, -0.05) is 0 Å². The summed E-state index contributed by atoms with van der Waals surface area (Å²) in [5, 5.41) is 166. The molecular weight excluding hydrogens is 774 g/mol. The fraction of sp³-hybridized carbons (Fsp3) is 1.00. The molecule has 0 aliphatic carbocycles. The average molecular weight is 828 g/mol. The molecule has 0 aromatic rings. The van der Waals surface area contributed by atoms with Crippen LogP contribution in [0.3, 0.4) is 0 Å². The SMILES string of the molecule is N[C@H]1C(O)O[C@H](CO)[C@@H](O[C@H]2O[C@H](CO)[C@@H](O)[C@H](O[C@H]3O[C@H](CO)[C@@H](O)[C@H](O[C@H]4O[C@@H]([C@H](O)CO)[C@H](O[C@H]5O[C@H](CO)[C@H](O)[C@H](O)[C@H]5O)[C@H]4O)[C@@H]3O)[C@@H]2O)[C@@H]1O. The predicted molar refractivity (Wildman–Crippen MR) is 168 cm³/mol. The summed E-state index contributed by atoms with van der Waals surface area (Å²) in [4.78, 5) is 0. The van der Waals surface area contributed by atoms with E-state index in [0.717, 1.165) is 0 Å².